The van der Waals surface area contributed by atoms with Crippen LogP contribution in [0.3, 0.4) is 0 Å². The normalized spacial score (nSPS) is 12.9. The molecule has 6 nitrogen and oxygen atoms in total. The van der Waals surface area contributed by atoms with Crippen LogP contribution in [-0.4, -0.2) is 47.4 Å². The van der Waals surface area contributed by atoms with E-state index in [9.17, 15) is 19.8 Å². The highest BCUT2D eigenvalue weighted by Crippen LogP contribution is 2.16. The summed E-state index contributed by atoms with van der Waals surface area (Å²) in [5.74, 6) is -0.151. The molecule has 2 atom stereocenters. The van der Waals surface area contributed by atoms with E-state index in [1.807, 2.05) is 6.08 Å². The summed E-state index contributed by atoms with van der Waals surface area (Å²) >= 11 is 0. The highest BCUT2D eigenvalue weighted by molar-refractivity contribution is 5.76. The second-order valence-electron chi connectivity index (χ2n) is 18.2. The number of unbranched alkanes of at least 4 members (excludes halogenated alkanes) is 34. The molecule has 0 fully saturated rings. The molecule has 0 aromatic heterocycles. The van der Waals surface area contributed by atoms with Gasteiger partial charge in [0.15, 0.2) is 0 Å². The van der Waals surface area contributed by atoms with E-state index in [1.165, 1.54) is 173 Å². The van der Waals surface area contributed by atoms with Crippen molar-refractivity contribution in [2.45, 2.75) is 289 Å². The molecule has 0 aliphatic rings. The van der Waals surface area contributed by atoms with E-state index >= 15 is 0 Å². The lowest BCUT2D eigenvalue weighted by atomic mass is 10.0. The number of rotatable bonds is 49. The Balaban J connectivity index is 3.57. The van der Waals surface area contributed by atoms with Gasteiger partial charge in [-0.2, -0.15) is 0 Å². The summed E-state index contributed by atoms with van der Waals surface area (Å²) < 4.78 is 5.42. The number of aliphatic hydroxyl groups excluding tert-OH is 2. The molecule has 0 radical (unpaired) electrons. The third-order valence-corrected chi connectivity index (χ3v) is 12.1. The van der Waals surface area contributed by atoms with Crippen LogP contribution in [0.15, 0.2) is 36.5 Å². The molecule has 6 heteroatoms. The standard InChI is InChI=1S/C55H103NO5/c1-3-5-7-9-11-13-15-17-18-19-20-21-22-23-24-26-27-31-35-39-43-47-53(58)52(51-57)56-54(59)48-44-40-36-32-29-30-34-38-42-46-50-61-55(60)49-45-41-37-33-28-25-16-14-12-10-8-6-4-2/h14,16,30,34,43,47,52-53,57-58H,3-13,15,17-29,31-33,35-42,44-46,48-51H2,1-2H3,(H,56,59)/b16-14-,34-30-,47-43+. The van der Waals surface area contributed by atoms with Gasteiger partial charge in [-0.05, 0) is 83.5 Å². The fourth-order valence-corrected chi connectivity index (χ4v) is 7.97. The summed E-state index contributed by atoms with van der Waals surface area (Å²) in [6, 6.07) is -0.654. The Morgan fingerprint density at radius 1 is 0.443 bits per heavy atom. The minimum atomic E-state index is -0.867. The van der Waals surface area contributed by atoms with E-state index < -0.39 is 12.1 Å². The molecule has 0 aliphatic carbocycles. The zero-order chi connectivity index (χ0) is 44.4. The van der Waals surface area contributed by atoms with Gasteiger partial charge in [-0.15, -0.1) is 0 Å². The van der Waals surface area contributed by atoms with Crippen molar-refractivity contribution in [1.29, 1.82) is 0 Å². The van der Waals surface area contributed by atoms with Gasteiger partial charge < -0.3 is 20.3 Å². The highest BCUT2D eigenvalue weighted by Gasteiger charge is 2.18. The Labute approximate surface area is 379 Å². The van der Waals surface area contributed by atoms with E-state index in [1.54, 1.807) is 6.08 Å². The average Bonchev–Trinajstić information content (AvgIpc) is 3.26. The Morgan fingerprint density at radius 2 is 0.770 bits per heavy atom. The van der Waals surface area contributed by atoms with Crippen LogP contribution in [0.25, 0.3) is 0 Å². The number of amides is 1. The van der Waals surface area contributed by atoms with Gasteiger partial charge in [-0.25, -0.2) is 0 Å². The number of ether oxygens (including phenoxy) is 1. The molecule has 0 bridgehead atoms. The molecule has 61 heavy (non-hydrogen) atoms. The zero-order valence-corrected chi connectivity index (χ0v) is 40.6. The minimum Gasteiger partial charge on any atom is -0.466 e. The number of aliphatic hydroxyl groups is 2. The third kappa shape index (κ3) is 47.4. The van der Waals surface area contributed by atoms with Gasteiger partial charge in [0, 0.05) is 12.8 Å². The zero-order valence-electron chi connectivity index (χ0n) is 40.6. The summed E-state index contributed by atoms with van der Waals surface area (Å²) in [5, 5.41) is 23.1. The summed E-state index contributed by atoms with van der Waals surface area (Å²) in [6.45, 7) is 4.80. The molecule has 0 aromatic carbocycles. The number of esters is 1. The molecular weight excluding hydrogens is 755 g/mol. The average molecular weight is 858 g/mol. The minimum absolute atomic E-state index is 0.0478. The number of allylic oxidation sites excluding steroid dienone is 5. The summed E-state index contributed by atoms with van der Waals surface area (Å²) in [5.41, 5.74) is 0. The van der Waals surface area contributed by atoms with Crippen molar-refractivity contribution in [2.75, 3.05) is 13.2 Å². The van der Waals surface area contributed by atoms with E-state index in [4.69, 9.17) is 4.74 Å². The van der Waals surface area contributed by atoms with Crippen LogP contribution < -0.4 is 5.32 Å². The van der Waals surface area contributed by atoms with Crippen molar-refractivity contribution in [1.82, 2.24) is 5.32 Å². The Hall–Kier alpha value is -1.92. The molecule has 0 saturated heterocycles. The molecular formula is C55H103NO5. The van der Waals surface area contributed by atoms with Gasteiger partial charge in [0.1, 0.15) is 0 Å². The molecule has 358 valence electrons. The summed E-state index contributed by atoms with van der Waals surface area (Å²) in [7, 11) is 0. The van der Waals surface area contributed by atoms with Crippen LogP contribution >= 0.6 is 0 Å². The fourth-order valence-electron chi connectivity index (χ4n) is 7.97. The van der Waals surface area contributed by atoms with Crippen LogP contribution in [0.2, 0.25) is 0 Å². The van der Waals surface area contributed by atoms with Crippen molar-refractivity contribution in [3.63, 3.8) is 0 Å². The molecule has 2 unspecified atom stereocenters. The summed E-state index contributed by atoms with van der Waals surface area (Å²) in [4.78, 5) is 24.4. The molecule has 0 aromatic rings. The summed E-state index contributed by atoms with van der Waals surface area (Å²) in [6.07, 6.45) is 61.5. The second-order valence-corrected chi connectivity index (χ2v) is 18.2. The van der Waals surface area contributed by atoms with Crippen LogP contribution in [0.5, 0.6) is 0 Å². The Kier molecular flexibility index (Phi) is 49.1. The van der Waals surface area contributed by atoms with E-state index in [2.05, 4.69) is 43.5 Å². The lowest BCUT2D eigenvalue weighted by Crippen LogP contribution is -2.45. The van der Waals surface area contributed by atoms with Gasteiger partial charge >= 0.3 is 5.97 Å². The first-order chi connectivity index (χ1) is 30.0. The van der Waals surface area contributed by atoms with Gasteiger partial charge in [0.2, 0.25) is 5.91 Å². The number of nitrogens with one attached hydrogen (secondary N) is 1. The molecule has 1 amide bonds. The molecule has 0 rings (SSSR count). The highest BCUT2D eigenvalue weighted by atomic mass is 16.5. The molecule has 0 saturated carbocycles. The van der Waals surface area contributed by atoms with Crippen molar-refractivity contribution in [2.24, 2.45) is 0 Å². The maximum Gasteiger partial charge on any atom is 0.305 e. The first kappa shape index (κ1) is 59.1. The third-order valence-electron chi connectivity index (χ3n) is 12.1. The number of hydrogen-bond donors (Lipinski definition) is 3. The van der Waals surface area contributed by atoms with Crippen molar-refractivity contribution in [3.05, 3.63) is 36.5 Å². The maximum atomic E-state index is 12.4. The van der Waals surface area contributed by atoms with Crippen LogP contribution in [0.1, 0.15) is 277 Å². The van der Waals surface area contributed by atoms with Crippen LogP contribution in [0.4, 0.5) is 0 Å². The largest absolute Gasteiger partial charge is 0.466 e. The van der Waals surface area contributed by atoms with Gasteiger partial charge in [0.05, 0.1) is 25.4 Å². The van der Waals surface area contributed by atoms with E-state index in [-0.39, 0.29) is 18.5 Å². The molecule has 0 spiro atoms. The van der Waals surface area contributed by atoms with Gasteiger partial charge in [-0.1, -0.05) is 217 Å². The van der Waals surface area contributed by atoms with Gasteiger partial charge in [0.25, 0.3) is 0 Å². The predicted molar refractivity (Wildman–Crippen MR) is 264 cm³/mol. The molecule has 0 aliphatic heterocycles. The quantitative estimate of drug-likeness (QED) is 0.0322. The molecule has 3 N–H and O–H groups in total. The number of hydrogen-bond acceptors (Lipinski definition) is 5. The van der Waals surface area contributed by atoms with Crippen molar-refractivity contribution >= 4 is 11.9 Å². The Bertz CT molecular complexity index is 993. The SMILES string of the molecule is CCCCCC/C=C\CCCCCCCC(=O)OCCCC/C=C\CCCCCCC(=O)NC(CO)C(O)/C=C/CCCCCCCCCCCCCCCCCCCCC. The van der Waals surface area contributed by atoms with Crippen molar-refractivity contribution in [3.8, 4) is 0 Å². The number of carbonyl (C=O) groups is 2. The van der Waals surface area contributed by atoms with E-state index in [0.717, 1.165) is 77.0 Å². The Morgan fingerprint density at radius 3 is 1.18 bits per heavy atom. The second kappa shape index (κ2) is 50.7. The van der Waals surface area contributed by atoms with Crippen molar-refractivity contribution < 1.29 is 24.5 Å². The maximum absolute atomic E-state index is 12.4. The topological polar surface area (TPSA) is 95.9 Å². The fraction of sp³-hybridized carbons (Fsp3) is 0.855. The predicted octanol–water partition coefficient (Wildman–Crippen LogP) is 16.1. The van der Waals surface area contributed by atoms with Gasteiger partial charge in [-0.3, -0.25) is 9.59 Å². The lowest BCUT2D eigenvalue weighted by molar-refractivity contribution is -0.143. The van der Waals surface area contributed by atoms with E-state index in [0.29, 0.717) is 19.4 Å². The molecule has 0 heterocycles. The van der Waals surface area contributed by atoms with Crippen LogP contribution in [0, 0.1) is 0 Å². The van der Waals surface area contributed by atoms with Crippen LogP contribution in [-0.2, 0) is 14.3 Å². The monoisotopic (exact) mass is 858 g/mol. The first-order valence-corrected chi connectivity index (χ1v) is 26.8. The number of carbonyl (C=O) groups excluding carboxylic acids is 2. The smallest absolute Gasteiger partial charge is 0.305 e. The lowest BCUT2D eigenvalue weighted by Gasteiger charge is -2.20. The first-order valence-electron chi connectivity index (χ1n) is 26.8.